The van der Waals surface area contributed by atoms with Gasteiger partial charge in [0.2, 0.25) is 0 Å². The van der Waals surface area contributed by atoms with Crippen LogP contribution in [0.2, 0.25) is 0 Å². The van der Waals surface area contributed by atoms with Gasteiger partial charge in [-0.2, -0.15) is 0 Å². The van der Waals surface area contributed by atoms with Gasteiger partial charge in [0.15, 0.2) is 0 Å². The quantitative estimate of drug-likeness (QED) is 0.192. The lowest BCUT2D eigenvalue weighted by Gasteiger charge is -2.23. The third-order valence-electron chi connectivity index (χ3n) is 9.80. The van der Waals surface area contributed by atoms with Crippen molar-refractivity contribution in [2.75, 3.05) is 0 Å². The van der Waals surface area contributed by atoms with E-state index in [1.807, 2.05) is 0 Å². The minimum Gasteiger partial charge on any atom is -0.0622 e. The molecule has 0 heteroatoms. The predicted molar refractivity (Wildman–Crippen MR) is 185 cm³/mol. The van der Waals surface area contributed by atoms with Crippen LogP contribution in [0.4, 0.5) is 0 Å². The molecule has 0 heterocycles. The van der Waals surface area contributed by atoms with Crippen LogP contribution in [-0.4, -0.2) is 0 Å². The van der Waals surface area contributed by atoms with Crippen LogP contribution in [0.15, 0.2) is 133 Å². The molecule has 0 nitrogen and oxygen atoms in total. The molecular formula is C43H34. The lowest BCUT2D eigenvalue weighted by atomic mass is 9.80. The fourth-order valence-electron chi connectivity index (χ4n) is 7.37. The summed E-state index contributed by atoms with van der Waals surface area (Å²) in [5.41, 5.74) is 15.8. The topological polar surface area (TPSA) is 0 Å². The highest BCUT2D eigenvalue weighted by Gasteiger charge is 2.35. The Kier molecular flexibility index (Phi) is 5.71. The first-order valence-electron chi connectivity index (χ1n) is 15.3. The summed E-state index contributed by atoms with van der Waals surface area (Å²) in [5.74, 6) is 0. The Labute approximate surface area is 254 Å². The number of hydrogen-bond acceptors (Lipinski definition) is 0. The van der Waals surface area contributed by atoms with Crippen molar-refractivity contribution in [3.05, 3.63) is 156 Å². The van der Waals surface area contributed by atoms with Gasteiger partial charge in [0.05, 0.1) is 0 Å². The van der Waals surface area contributed by atoms with Crippen LogP contribution >= 0.6 is 0 Å². The molecule has 1 aliphatic carbocycles. The Morgan fingerprint density at radius 3 is 1.72 bits per heavy atom. The molecule has 7 aromatic rings. The van der Waals surface area contributed by atoms with Crippen molar-refractivity contribution in [2.45, 2.75) is 33.1 Å². The first-order chi connectivity index (χ1) is 20.9. The maximum absolute atomic E-state index is 2.47. The smallest absolute Gasteiger partial charge is 0.0159 e. The molecule has 7 aromatic carbocycles. The normalized spacial score (nSPS) is 13.3. The number of aryl methyl sites for hydroxylation is 2. The van der Waals surface area contributed by atoms with E-state index in [2.05, 4.69) is 161 Å². The highest BCUT2D eigenvalue weighted by Crippen LogP contribution is 2.51. The molecule has 0 atom stereocenters. The van der Waals surface area contributed by atoms with Crippen LogP contribution in [0.1, 0.15) is 36.1 Å². The number of rotatable bonds is 3. The Hall–Kier alpha value is -4.94. The lowest BCUT2D eigenvalue weighted by Crippen LogP contribution is -2.14. The fourth-order valence-corrected chi connectivity index (χ4v) is 7.37. The van der Waals surface area contributed by atoms with Crippen LogP contribution in [0.25, 0.3) is 66.1 Å². The molecule has 0 aromatic heterocycles. The molecule has 8 rings (SSSR count). The van der Waals surface area contributed by atoms with Crippen molar-refractivity contribution in [1.29, 1.82) is 0 Å². The molecule has 0 N–H and O–H groups in total. The summed E-state index contributed by atoms with van der Waals surface area (Å²) in [7, 11) is 0. The summed E-state index contributed by atoms with van der Waals surface area (Å²) in [5, 5.41) is 5.17. The molecule has 0 bridgehead atoms. The van der Waals surface area contributed by atoms with Gasteiger partial charge >= 0.3 is 0 Å². The first-order valence-corrected chi connectivity index (χ1v) is 15.3. The zero-order valence-corrected chi connectivity index (χ0v) is 25.2. The molecular weight excluding hydrogens is 516 g/mol. The second kappa shape index (κ2) is 9.54. The maximum atomic E-state index is 2.47. The SMILES string of the molecule is Cc1ccc(-c2c3ccccc3c(-c3ccc4c(c3)C(C)(C)c3ccccc3-4)c3cc(-c4ccccc4)ccc23)cc1C. The van der Waals surface area contributed by atoms with Gasteiger partial charge in [0.25, 0.3) is 0 Å². The zero-order chi connectivity index (χ0) is 29.3. The molecule has 0 spiro atoms. The molecule has 206 valence electrons. The predicted octanol–water partition coefficient (Wildman–Crippen LogP) is 11.9. The molecule has 0 radical (unpaired) electrons. The van der Waals surface area contributed by atoms with Gasteiger partial charge in [-0.05, 0) is 114 Å². The van der Waals surface area contributed by atoms with E-state index in [0.29, 0.717) is 0 Å². The van der Waals surface area contributed by atoms with Crippen molar-refractivity contribution < 1.29 is 0 Å². The van der Waals surface area contributed by atoms with E-state index < -0.39 is 0 Å². The average Bonchev–Trinajstić information content (AvgIpc) is 3.27. The minimum absolute atomic E-state index is 0.0535. The van der Waals surface area contributed by atoms with Crippen LogP contribution < -0.4 is 0 Å². The second-order valence-electron chi connectivity index (χ2n) is 12.7. The third-order valence-corrected chi connectivity index (χ3v) is 9.80. The largest absolute Gasteiger partial charge is 0.0622 e. The fraction of sp³-hybridized carbons (Fsp3) is 0.116. The second-order valence-corrected chi connectivity index (χ2v) is 12.7. The van der Waals surface area contributed by atoms with Crippen molar-refractivity contribution in [3.63, 3.8) is 0 Å². The van der Waals surface area contributed by atoms with Gasteiger partial charge in [0, 0.05) is 5.41 Å². The molecule has 0 unspecified atom stereocenters. The monoisotopic (exact) mass is 550 g/mol. The summed E-state index contributed by atoms with van der Waals surface area (Å²) in [4.78, 5) is 0. The molecule has 1 aliphatic rings. The molecule has 0 saturated heterocycles. The maximum Gasteiger partial charge on any atom is 0.0159 e. The summed E-state index contributed by atoms with van der Waals surface area (Å²) in [6.45, 7) is 9.15. The van der Waals surface area contributed by atoms with Gasteiger partial charge in [-0.15, -0.1) is 0 Å². The van der Waals surface area contributed by atoms with Gasteiger partial charge in [-0.3, -0.25) is 0 Å². The minimum atomic E-state index is -0.0535. The van der Waals surface area contributed by atoms with Crippen molar-refractivity contribution in [3.8, 4) is 44.5 Å². The summed E-state index contributed by atoms with van der Waals surface area (Å²) >= 11 is 0. The van der Waals surface area contributed by atoms with E-state index in [1.165, 1.54) is 88.3 Å². The summed E-state index contributed by atoms with van der Waals surface area (Å²) in [6.07, 6.45) is 0. The Bertz CT molecular complexity index is 2210. The third kappa shape index (κ3) is 3.90. The van der Waals surface area contributed by atoms with E-state index in [9.17, 15) is 0 Å². The summed E-state index contributed by atoms with van der Waals surface area (Å²) in [6, 6.07) is 49.8. The average molecular weight is 551 g/mol. The number of fused-ring (bicyclic) bond motifs is 5. The van der Waals surface area contributed by atoms with Crippen LogP contribution in [0.3, 0.4) is 0 Å². The Morgan fingerprint density at radius 2 is 0.953 bits per heavy atom. The van der Waals surface area contributed by atoms with E-state index in [0.717, 1.165) is 0 Å². The van der Waals surface area contributed by atoms with E-state index in [-0.39, 0.29) is 5.41 Å². The van der Waals surface area contributed by atoms with E-state index >= 15 is 0 Å². The molecule has 0 amide bonds. The van der Waals surface area contributed by atoms with Crippen molar-refractivity contribution >= 4 is 21.5 Å². The van der Waals surface area contributed by atoms with Crippen molar-refractivity contribution in [2.24, 2.45) is 0 Å². The number of benzene rings is 7. The Balaban J connectivity index is 1.48. The Morgan fingerprint density at radius 1 is 0.372 bits per heavy atom. The van der Waals surface area contributed by atoms with Crippen LogP contribution in [0, 0.1) is 13.8 Å². The highest BCUT2D eigenvalue weighted by atomic mass is 14.4. The van der Waals surface area contributed by atoms with E-state index in [1.54, 1.807) is 0 Å². The van der Waals surface area contributed by atoms with Crippen LogP contribution in [0.5, 0.6) is 0 Å². The lowest BCUT2D eigenvalue weighted by molar-refractivity contribution is 0.660. The molecule has 0 saturated carbocycles. The molecule has 43 heavy (non-hydrogen) atoms. The molecule has 0 aliphatic heterocycles. The van der Waals surface area contributed by atoms with Crippen molar-refractivity contribution in [1.82, 2.24) is 0 Å². The number of hydrogen-bond donors (Lipinski definition) is 0. The highest BCUT2D eigenvalue weighted by molar-refractivity contribution is 6.22. The zero-order valence-electron chi connectivity index (χ0n) is 25.2. The van der Waals surface area contributed by atoms with Gasteiger partial charge in [-0.25, -0.2) is 0 Å². The standard InChI is InChI=1S/C43H34/c1-27-18-19-31(24-28(27)2)41-35-15-8-9-16-36(35)42(38-25-30(20-23-37(38)41)29-12-6-5-7-13-29)32-21-22-34-33-14-10-11-17-39(33)43(3,4)40(34)26-32/h5-26H,1-4H3. The first kappa shape index (κ1) is 25.7. The van der Waals surface area contributed by atoms with Gasteiger partial charge < -0.3 is 0 Å². The van der Waals surface area contributed by atoms with Gasteiger partial charge in [-0.1, -0.05) is 135 Å². The van der Waals surface area contributed by atoms with Gasteiger partial charge in [0.1, 0.15) is 0 Å². The summed E-state index contributed by atoms with van der Waals surface area (Å²) < 4.78 is 0. The molecule has 0 fully saturated rings. The van der Waals surface area contributed by atoms with Crippen LogP contribution in [-0.2, 0) is 5.41 Å². The van der Waals surface area contributed by atoms with E-state index in [4.69, 9.17) is 0 Å².